The Balaban J connectivity index is 2.53. The van der Waals surface area contributed by atoms with E-state index in [4.69, 9.17) is 9.47 Å². The smallest absolute Gasteiger partial charge is 0.136 e. The number of halogens is 2. The van der Waals surface area contributed by atoms with E-state index >= 15 is 0 Å². The maximum atomic E-state index is 10.3. The lowest BCUT2D eigenvalue weighted by molar-refractivity contribution is 0.0223. The fourth-order valence-electron chi connectivity index (χ4n) is 1.90. The van der Waals surface area contributed by atoms with Crippen molar-refractivity contribution < 1.29 is 14.6 Å². The van der Waals surface area contributed by atoms with Gasteiger partial charge in [0.05, 0.1) is 22.5 Å². The van der Waals surface area contributed by atoms with Crippen LogP contribution in [0.3, 0.4) is 0 Å². The lowest BCUT2D eigenvalue weighted by Crippen LogP contribution is -2.45. The van der Waals surface area contributed by atoms with Crippen LogP contribution in [0.15, 0.2) is 16.6 Å². The van der Waals surface area contributed by atoms with Gasteiger partial charge in [-0.15, -0.1) is 0 Å². The van der Waals surface area contributed by atoms with Crippen LogP contribution in [0.4, 0.5) is 0 Å². The van der Waals surface area contributed by atoms with Crippen LogP contribution in [0, 0.1) is 0 Å². The van der Waals surface area contributed by atoms with Crippen molar-refractivity contribution in [1.82, 2.24) is 0 Å². The van der Waals surface area contributed by atoms with E-state index in [1.807, 2.05) is 19.9 Å². The van der Waals surface area contributed by atoms with E-state index in [1.54, 1.807) is 13.2 Å². The molecular formula is C12H14Br2O3. The van der Waals surface area contributed by atoms with Gasteiger partial charge in [-0.2, -0.15) is 0 Å². The van der Waals surface area contributed by atoms with E-state index in [-0.39, 0.29) is 4.83 Å². The summed E-state index contributed by atoms with van der Waals surface area (Å²) in [6.07, 6.45) is -0.601. The van der Waals surface area contributed by atoms with Gasteiger partial charge < -0.3 is 14.6 Å². The van der Waals surface area contributed by atoms with E-state index < -0.39 is 11.7 Å². The van der Waals surface area contributed by atoms with Gasteiger partial charge in [-0.25, -0.2) is 0 Å². The van der Waals surface area contributed by atoms with Gasteiger partial charge in [-0.3, -0.25) is 0 Å². The van der Waals surface area contributed by atoms with Crippen LogP contribution >= 0.6 is 31.9 Å². The molecule has 0 saturated heterocycles. The zero-order valence-electron chi connectivity index (χ0n) is 9.83. The molecule has 1 aromatic rings. The van der Waals surface area contributed by atoms with Crippen molar-refractivity contribution in [2.45, 2.75) is 30.4 Å². The molecule has 0 fully saturated rings. The second-order valence-electron chi connectivity index (χ2n) is 4.58. The second kappa shape index (κ2) is 4.44. The first-order valence-corrected chi connectivity index (χ1v) is 6.96. The number of fused-ring (bicyclic) bond motifs is 1. The van der Waals surface area contributed by atoms with Crippen LogP contribution in [-0.4, -0.2) is 22.6 Å². The highest BCUT2D eigenvalue weighted by atomic mass is 79.9. The third-order valence-electron chi connectivity index (χ3n) is 2.92. The molecule has 0 unspecified atom stereocenters. The van der Waals surface area contributed by atoms with Gasteiger partial charge >= 0.3 is 0 Å². The molecule has 1 heterocycles. The Morgan fingerprint density at radius 1 is 1.41 bits per heavy atom. The third-order valence-corrected chi connectivity index (χ3v) is 5.14. The first-order chi connectivity index (χ1) is 7.86. The molecule has 2 atom stereocenters. The highest BCUT2D eigenvalue weighted by Crippen LogP contribution is 2.46. The number of alkyl halides is 1. The summed E-state index contributed by atoms with van der Waals surface area (Å²) < 4.78 is 11.9. The van der Waals surface area contributed by atoms with Gasteiger partial charge in [0.25, 0.3) is 0 Å². The number of hydrogen-bond donors (Lipinski definition) is 1. The summed E-state index contributed by atoms with van der Waals surface area (Å²) >= 11 is 6.89. The number of rotatable bonds is 1. The van der Waals surface area contributed by atoms with Crippen molar-refractivity contribution in [3.8, 4) is 11.5 Å². The fourth-order valence-corrected chi connectivity index (χ4v) is 2.80. The maximum Gasteiger partial charge on any atom is 0.136 e. The molecule has 1 aliphatic rings. The second-order valence-corrected chi connectivity index (χ2v) is 6.42. The normalized spacial score (nSPS) is 26.0. The van der Waals surface area contributed by atoms with Crippen molar-refractivity contribution in [1.29, 1.82) is 0 Å². The number of methoxy groups -OCH3 is 1. The molecule has 17 heavy (non-hydrogen) atoms. The fraction of sp³-hybridized carbons (Fsp3) is 0.500. The monoisotopic (exact) mass is 364 g/mol. The predicted octanol–water partition coefficient (Wildman–Crippen LogP) is 3.43. The van der Waals surface area contributed by atoms with Crippen molar-refractivity contribution in [3.05, 3.63) is 22.2 Å². The van der Waals surface area contributed by atoms with E-state index in [2.05, 4.69) is 31.9 Å². The van der Waals surface area contributed by atoms with Gasteiger partial charge in [-0.1, -0.05) is 15.9 Å². The molecule has 0 bridgehead atoms. The zero-order chi connectivity index (χ0) is 12.8. The molecule has 0 saturated carbocycles. The highest BCUT2D eigenvalue weighted by Gasteiger charge is 2.42. The lowest BCUT2D eigenvalue weighted by atomic mass is 9.91. The van der Waals surface area contributed by atoms with Crippen LogP contribution < -0.4 is 9.47 Å². The minimum absolute atomic E-state index is 0.150. The molecule has 3 nitrogen and oxygen atoms in total. The van der Waals surface area contributed by atoms with Crippen LogP contribution in [0.2, 0.25) is 0 Å². The Labute approximate surface area is 117 Å². The number of ether oxygens (including phenoxy) is 2. The molecule has 0 aliphatic carbocycles. The van der Waals surface area contributed by atoms with Crippen LogP contribution in [0.1, 0.15) is 25.5 Å². The summed E-state index contributed by atoms with van der Waals surface area (Å²) in [5, 5.41) is 10.3. The number of aliphatic hydroxyl groups is 1. The van der Waals surface area contributed by atoms with E-state index in [1.165, 1.54) is 0 Å². The van der Waals surface area contributed by atoms with E-state index in [0.29, 0.717) is 11.5 Å². The summed E-state index contributed by atoms with van der Waals surface area (Å²) in [4.78, 5) is -0.150. The first-order valence-electron chi connectivity index (χ1n) is 5.25. The van der Waals surface area contributed by atoms with E-state index in [0.717, 1.165) is 10.0 Å². The minimum Gasteiger partial charge on any atom is -0.495 e. The molecule has 1 aromatic carbocycles. The molecule has 0 spiro atoms. The van der Waals surface area contributed by atoms with Crippen molar-refractivity contribution >= 4 is 31.9 Å². The molecular weight excluding hydrogens is 352 g/mol. The summed E-state index contributed by atoms with van der Waals surface area (Å²) in [6, 6.07) is 3.63. The van der Waals surface area contributed by atoms with Gasteiger partial charge in [0.2, 0.25) is 0 Å². The SMILES string of the molecule is COc1cc2c(cc1Br)[C@@H](O)[C@H](Br)C(C)(C)O2. The molecule has 0 aromatic heterocycles. The predicted molar refractivity (Wildman–Crippen MR) is 73.1 cm³/mol. The third kappa shape index (κ3) is 2.20. The Morgan fingerprint density at radius 3 is 2.65 bits per heavy atom. The van der Waals surface area contributed by atoms with Gasteiger partial charge in [0.15, 0.2) is 0 Å². The molecule has 0 radical (unpaired) electrons. The number of benzene rings is 1. The average Bonchev–Trinajstić information content (AvgIpc) is 2.27. The standard InChI is InChI=1S/C12H14Br2O3/c1-12(2)11(14)10(15)6-4-7(13)9(16-3)5-8(6)17-12/h4-5,10-11,15H,1-3H3/t10-,11+/m1/s1. The minimum atomic E-state index is -0.601. The Bertz CT molecular complexity index is 446. The number of hydrogen-bond acceptors (Lipinski definition) is 3. The Kier molecular flexibility index (Phi) is 3.45. The number of aliphatic hydroxyl groups excluding tert-OH is 1. The summed E-state index contributed by atoms with van der Waals surface area (Å²) in [6.45, 7) is 3.88. The van der Waals surface area contributed by atoms with Crippen molar-refractivity contribution in [2.24, 2.45) is 0 Å². The van der Waals surface area contributed by atoms with Gasteiger partial charge in [0, 0.05) is 11.6 Å². The van der Waals surface area contributed by atoms with Crippen LogP contribution in [-0.2, 0) is 0 Å². The topological polar surface area (TPSA) is 38.7 Å². The first kappa shape index (κ1) is 13.2. The summed E-state index contributed by atoms with van der Waals surface area (Å²) in [5.74, 6) is 1.36. The van der Waals surface area contributed by atoms with Crippen molar-refractivity contribution in [2.75, 3.05) is 7.11 Å². The quantitative estimate of drug-likeness (QED) is 0.775. The molecule has 0 amide bonds. The largest absolute Gasteiger partial charge is 0.495 e. The van der Waals surface area contributed by atoms with Crippen LogP contribution in [0.25, 0.3) is 0 Å². The summed E-state index contributed by atoms with van der Waals surface area (Å²) in [5.41, 5.74) is 0.296. The van der Waals surface area contributed by atoms with Gasteiger partial charge in [0.1, 0.15) is 17.1 Å². The van der Waals surface area contributed by atoms with Gasteiger partial charge in [-0.05, 0) is 35.8 Å². The average molecular weight is 366 g/mol. The Morgan fingerprint density at radius 2 is 2.06 bits per heavy atom. The molecule has 5 heteroatoms. The lowest BCUT2D eigenvalue weighted by Gasteiger charge is -2.40. The van der Waals surface area contributed by atoms with E-state index in [9.17, 15) is 5.11 Å². The van der Waals surface area contributed by atoms with Crippen LogP contribution in [0.5, 0.6) is 11.5 Å². The zero-order valence-corrected chi connectivity index (χ0v) is 13.0. The Hall–Kier alpha value is -0.260. The molecule has 94 valence electrons. The molecule has 1 N–H and O–H groups in total. The maximum absolute atomic E-state index is 10.3. The molecule has 2 rings (SSSR count). The summed E-state index contributed by atoms with van der Waals surface area (Å²) in [7, 11) is 1.60. The highest BCUT2D eigenvalue weighted by molar-refractivity contribution is 9.10. The molecule has 1 aliphatic heterocycles. The van der Waals surface area contributed by atoms with Crippen molar-refractivity contribution in [3.63, 3.8) is 0 Å².